The first kappa shape index (κ1) is 9.66. The molecule has 1 aromatic heterocycles. The molecule has 0 unspecified atom stereocenters. The van der Waals surface area contributed by atoms with Crippen molar-refractivity contribution in [3.8, 4) is 0 Å². The summed E-state index contributed by atoms with van der Waals surface area (Å²) in [5.41, 5.74) is 0.401. The molecular weight excluding hydrogens is 223 g/mol. The molecule has 72 valence electrons. The standard InChI is InChI=1S/C9H6Cl2N2O/c10-7-3-6(4-12-8(7)11)9(1-2-9)13-5-14/h3-4H,1-2H2. The summed E-state index contributed by atoms with van der Waals surface area (Å²) in [5.74, 6) is 0. The fraction of sp³-hybridized carbons (Fsp3) is 0.333. The third-order valence-electron chi connectivity index (χ3n) is 2.32. The summed E-state index contributed by atoms with van der Waals surface area (Å²) < 4.78 is 0. The van der Waals surface area contributed by atoms with Gasteiger partial charge in [-0.05, 0) is 18.9 Å². The summed E-state index contributed by atoms with van der Waals surface area (Å²) in [6, 6.07) is 1.70. The smallest absolute Gasteiger partial charge is 0.235 e. The second-order valence-electron chi connectivity index (χ2n) is 3.23. The zero-order chi connectivity index (χ0) is 10.2. The van der Waals surface area contributed by atoms with Crippen molar-refractivity contribution in [2.45, 2.75) is 18.4 Å². The van der Waals surface area contributed by atoms with E-state index < -0.39 is 5.54 Å². The molecule has 0 aromatic carbocycles. The highest BCUT2D eigenvalue weighted by atomic mass is 35.5. The summed E-state index contributed by atoms with van der Waals surface area (Å²) in [6.45, 7) is 0. The molecule has 1 aliphatic carbocycles. The van der Waals surface area contributed by atoms with Crippen LogP contribution < -0.4 is 0 Å². The number of hydrogen-bond acceptors (Lipinski definition) is 3. The van der Waals surface area contributed by atoms with Crippen LogP contribution in [0.15, 0.2) is 17.3 Å². The lowest BCUT2D eigenvalue weighted by Gasteiger charge is -2.07. The summed E-state index contributed by atoms with van der Waals surface area (Å²) in [5, 5.41) is 0.651. The van der Waals surface area contributed by atoms with E-state index in [2.05, 4.69) is 9.98 Å². The van der Waals surface area contributed by atoms with Gasteiger partial charge >= 0.3 is 0 Å². The van der Waals surface area contributed by atoms with Crippen molar-refractivity contribution >= 4 is 29.3 Å². The van der Waals surface area contributed by atoms with Gasteiger partial charge in [-0.2, -0.15) is 4.99 Å². The fourth-order valence-electron chi connectivity index (χ4n) is 1.35. The molecule has 1 saturated carbocycles. The van der Waals surface area contributed by atoms with Crippen molar-refractivity contribution in [1.82, 2.24) is 4.98 Å². The number of isocyanates is 1. The molecular formula is C9H6Cl2N2O. The minimum atomic E-state index is -0.428. The molecule has 0 amide bonds. The summed E-state index contributed by atoms with van der Waals surface area (Å²) in [7, 11) is 0. The van der Waals surface area contributed by atoms with E-state index >= 15 is 0 Å². The van der Waals surface area contributed by atoms with Crippen LogP contribution in [-0.4, -0.2) is 11.1 Å². The molecule has 1 fully saturated rings. The van der Waals surface area contributed by atoms with Gasteiger partial charge in [0.1, 0.15) is 5.15 Å². The number of aliphatic imine (C=N–C) groups is 1. The Morgan fingerprint density at radius 2 is 2.21 bits per heavy atom. The molecule has 2 rings (SSSR count). The average molecular weight is 229 g/mol. The zero-order valence-corrected chi connectivity index (χ0v) is 8.64. The molecule has 1 aliphatic rings. The number of nitrogens with zero attached hydrogens (tertiary/aromatic N) is 2. The van der Waals surface area contributed by atoms with Crippen molar-refractivity contribution in [2.24, 2.45) is 4.99 Å². The molecule has 14 heavy (non-hydrogen) atoms. The van der Waals surface area contributed by atoms with Crippen molar-refractivity contribution in [2.75, 3.05) is 0 Å². The van der Waals surface area contributed by atoms with E-state index in [1.807, 2.05) is 0 Å². The van der Waals surface area contributed by atoms with Crippen molar-refractivity contribution < 1.29 is 4.79 Å². The Morgan fingerprint density at radius 3 is 2.71 bits per heavy atom. The van der Waals surface area contributed by atoms with E-state index in [1.54, 1.807) is 18.3 Å². The van der Waals surface area contributed by atoms with Crippen molar-refractivity contribution in [3.05, 3.63) is 28.0 Å². The predicted molar refractivity (Wildman–Crippen MR) is 53.3 cm³/mol. The molecule has 5 heteroatoms. The van der Waals surface area contributed by atoms with Gasteiger partial charge in [0.05, 0.1) is 10.6 Å². The van der Waals surface area contributed by atoms with E-state index in [4.69, 9.17) is 23.2 Å². The maximum absolute atomic E-state index is 10.2. The number of halogens is 2. The first-order chi connectivity index (χ1) is 6.68. The monoisotopic (exact) mass is 228 g/mol. The normalized spacial score (nSPS) is 17.3. The van der Waals surface area contributed by atoms with Crippen molar-refractivity contribution in [3.63, 3.8) is 0 Å². The second kappa shape index (κ2) is 3.35. The maximum Gasteiger partial charge on any atom is 0.235 e. The molecule has 0 radical (unpaired) electrons. The van der Waals surface area contributed by atoms with Crippen LogP contribution in [-0.2, 0) is 10.3 Å². The van der Waals surface area contributed by atoms with E-state index in [0.29, 0.717) is 5.02 Å². The lowest BCUT2D eigenvalue weighted by molar-refractivity contribution is 0.556. The van der Waals surface area contributed by atoms with Crippen molar-refractivity contribution in [1.29, 1.82) is 0 Å². The van der Waals surface area contributed by atoms with Crippen LogP contribution in [0.5, 0.6) is 0 Å². The van der Waals surface area contributed by atoms with E-state index in [9.17, 15) is 4.79 Å². The minimum Gasteiger partial charge on any atom is -0.243 e. The molecule has 0 saturated heterocycles. The summed E-state index contributed by atoms with van der Waals surface area (Å²) in [6.07, 6.45) is 4.84. The molecule has 0 N–H and O–H groups in total. The van der Waals surface area contributed by atoms with Gasteiger partial charge < -0.3 is 0 Å². The highest BCUT2D eigenvalue weighted by molar-refractivity contribution is 6.41. The first-order valence-electron chi connectivity index (χ1n) is 4.08. The Kier molecular flexibility index (Phi) is 2.31. The van der Waals surface area contributed by atoms with Gasteiger partial charge in [-0.3, -0.25) is 0 Å². The van der Waals surface area contributed by atoms with Crippen LogP contribution >= 0.6 is 23.2 Å². The minimum absolute atomic E-state index is 0.265. The quantitative estimate of drug-likeness (QED) is 0.444. The van der Waals surface area contributed by atoms with Gasteiger partial charge in [0, 0.05) is 11.8 Å². The largest absolute Gasteiger partial charge is 0.243 e. The van der Waals surface area contributed by atoms with E-state index in [-0.39, 0.29) is 5.15 Å². The van der Waals surface area contributed by atoms with Gasteiger partial charge in [-0.15, -0.1) is 0 Å². The Morgan fingerprint density at radius 1 is 1.50 bits per heavy atom. The molecule has 1 heterocycles. The van der Waals surface area contributed by atoms with Gasteiger partial charge in [0.2, 0.25) is 6.08 Å². The molecule has 0 spiro atoms. The first-order valence-corrected chi connectivity index (χ1v) is 4.84. The summed E-state index contributed by atoms with van der Waals surface area (Å²) >= 11 is 11.5. The number of aromatic nitrogens is 1. The molecule has 3 nitrogen and oxygen atoms in total. The van der Waals surface area contributed by atoms with Gasteiger partial charge in [0.15, 0.2) is 0 Å². The van der Waals surface area contributed by atoms with Gasteiger partial charge in [-0.25, -0.2) is 9.78 Å². The molecule has 0 bridgehead atoms. The molecule has 0 atom stereocenters. The van der Waals surface area contributed by atoms with Crippen LogP contribution in [0.1, 0.15) is 18.4 Å². The lowest BCUT2D eigenvalue weighted by atomic mass is 10.1. The van der Waals surface area contributed by atoms with E-state index in [0.717, 1.165) is 18.4 Å². The fourth-order valence-corrected chi connectivity index (χ4v) is 1.62. The Bertz CT molecular complexity index is 423. The maximum atomic E-state index is 10.2. The average Bonchev–Trinajstić information content (AvgIpc) is 2.91. The van der Waals surface area contributed by atoms with Crippen LogP contribution in [0, 0.1) is 0 Å². The third-order valence-corrected chi connectivity index (χ3v) is 3.00. The lowest BCUT2D eigenvalue weighted by Crippen LogP contribution is -2.02. The zero-order valence-electron chi connectivity index (χ0n) is 7.13. The second-order valence-corrected chi connectivity index (χ2v) is 4.00. The predicted octanol–water partition coefficient (Wildman–Crippen LogP) is 2.71. The third kappa shape index (κ3) is 1.55. The van der Waals surface area contributed by atoms with E-state index in [1.165, 1.54) is 0 Å². The van der Waals surface area contributed by atoms with Crippen LogP contribution in [0.3, 0.4) is 0 Å². The van der Waals surface area contributed by atoms with Crippen LogP contribution in [0.25, 0.3) is 0 Å². The van der Waals surface area contributed by atoms with Gasteiger partial charge in [0.25, 0.3) is 0 Å². The summed E-state index contributed by atoms with van der Waals surface area (Å²) in [4.78, 5) is 17.9. The molecule has 1 aromatic rings. The topological polar surface area (TPSA) is 42.3 Å². The van der Waals surface area contributed by atoms with Crippen LogP contribution in [0.2, 0.25) is 10.2 Å². The number of carbonyl (C=O) groups excluding carboxylic acids is 1. The SMILES string of the molecule is O=C=NC1(c2cnc(Cl)c(Cl)c2)CC1. The van der Waals surface area contributed by atoms with Gasteiger partial charge in [-0.1, -0.05) is 23.2 Å². The number of rotatable bonds is 2. The Hall–Kier alpha value is -0.890. The Balaban J connectivity index is 2.42. The number of hydrogen-bond donors (Lipinski definition) is 0. The van der Waals surface area contributed by atoms with Crippen LogP contribution in [0.4, 0.5) is 0 Å². The molecule has 0 aliphatic heterocycles. The highest BCUT2D eigenvalue weighted by Crippen LogP contribution is 2.49. The highest BCUT2D eigenvalue weighted by Gasteiger charge is 2.45. The number of pyridine rings is 1. The Labute approximate surface area is 90.8 Å².